The summed E-state index contributed by atoms with van der Waals surface area (Å²) < 4.78 is 5.89. The van der Waals surface area contributed by atoms with Gasteiger partial charge < -0.3 is 25.4 Å². The number of hydrogen-bond acceptors (Lipinski definition) is 5. The molecule has 0 saturated carbocycles. The van der Waals surface area contributed by atoms with E-state index in [0.29, 0.717) is 17.1 Å². The average molecular weight is 437 g/mol. The highest BCUT2D eigenvalue weighted by Gasteiger charge is 2.32. The smallest absolute Gasteiger partial charge is 0.316 e. The van der Waals surface area contributed by atoms with Gasteiger partial charge in [0.15, 0.2) is 11.8 Å². The molecule has 0 aromatic heterocycles. The monoisotopic (exact) mass is 437 g/mol. The summed E-state index contributed by atoms with van der Waals surface area (Å²) in [6.07, 6.45) is 2.09. The van der Waals surface area contributed by atoms with Crippen LogP contribution in [0.2, 0.25) is 0 Å². The Balaban J connectivity index is 1.76. The van der Waals surface area contributed by atoms with Crippen LogP contribution in [0.4, 0.5) is 4.79 Å². The van der Waals surface area contributed by atoms with Crippen molar-refractivity contribution in [1.82, 2.24) is 15.5 Å². The molecule has 0 spiro atoms. The molecule has 9 heteroatoms. The minimum absolute atomic E-state index is 0.409. The molecule has 166 valence electrons. The Morgan fingerprint density at radius 1 is 1.16 bits per heavy atom. The number of nitrogens with zero attached hydrogens (tertiary/aromatic N) is 1. The van der Waals surface area contributed by atoms with Crippen LogP contribution < -0.4 is 15.4 Å². The number of aliphatic carboxylic acids is 1. The molecule has 1 aliphatic rings. The first-order chi connectivity index (χ1) is 15.2. The van der Waals surface area contributed by atoms with Crippen molar-refractivity contribution in [2.75, 3.05) is 7.05 Å². The zero-order valence-electron chi connectivity index (χ0n) is 17.6. The van der Waals surface area contributed by atoms with E-state index in [1.807, 2.05) is 31.2 Å². The van der Waals surface area contributed by atoms with Crippen LogP contribution in [0.15, 0.2) is 60.8 Å². The molecule has 0 saturated heterocycles. The molecule has 1 heterocycles. The molecule has 1 aliphatic heterocycles. The van der Waals surface area contributed by atoms with Crippen molar-refractivity contribution in [3.63, 3.8) is 0 Å². The molecule has 3 rings (SSSR count). The normalized spacial score (nSPS) is 16.4. The number of carboxylic acid groups (broad SMARTS) is 1. The quantitative estimate of drug-likeness (QED) is 0.572. The first-order valence-corrected chi connectivity index (χ1v) is 9.85. The number of hydrogen-bond donors (Lipinski definition) is 3. The lowest BCUT2D eigenvalue weighted by molar-refractivity contribution is -0.138. The average Bonchev–Trinajstić information content (AvgIpc) is 2.75. The summed E-state index contributed by atoms with van der Waals surface area (Å²) in [5, 5.41) is 14.2. The number of carbonyl (C=O) groups is 4. The number of carbonyl (C=O) groups excluding carboxylic acids is 3. The number of ketones is 1. The number of carboxylic acids is 1. The number of likely N-dealkylation sites (N-methyl/N-ethyl adjacent to an activating group) is 1. The number of ether oxygens (including phenoxy) is 1. The fourth-order valence-electron chi connectivity index (χ4n) is 3.16. The molecule has 9 nitrogen and oxygen atoms in total. The Bertz CT molecular complexity index is 1080. The van der Waals surface area contributed by atoms with Crippen LogP contribution in [0, 0.1) is 6.92 Å². The van der Waals surface area contributed by atoms with Gasteiger partial charge in [-0.2, -0.15) is 0 Å². The zero-order valence-corrected chi connectivity index (χ0v) is 17.6. The zero-order chi connectivity index (χ0) is 23.3. The van der Waals surface area contributed by atoms with Crippen LogP contribution in [0.1, 0.15) is 23.6 Å². The van der Waals surface area contributed by atoms with E-state index >= 15 is 0 Å². The molecular formula is C23H23N3O6. The predicted molar refractivity (Wildman–Crippen MR) is 115 cm³/mol. The van der Waals surface area contributed by atoms with E-state index in [0.717, 1.165) is 5.56 Å². The van der Waals surface area contributed by atoms with Crippen molar-refractivity contribution in [3.05, 3.63) is 71.9 Å². The fourth-order valence-corrected chi connectivity index (χ4v) is 3.16. The number of para-hydroxylation sites is 1. The summed E-state index contributed by atoms with van der Waals surface area (Å²) in [6, 6.07) is 11.0. The van der Waals surface area contributed by atoms with E-state index in [2.05, 4.69) is 10.6 Å². The van der Waals surface area contributed by atoms with E-state index in [4.69, 9.17) is 4.74 Å². The predicted octanol–water partition coefficient (Wildman–Crippen LogP) is 2.53. The Kier molecular flexibility index (Phi) is 6.89. The first-order valence-electron chi connectivity index (χ1n) is 9.85. The van der Waals surface area contributed by atoms with Gasteiger partial charge in [-0.05, 0) is 36.2 Å². The summed E-state index contributed by atoms with van der Waals surface area (Å²) in [4.78, 5) is 49.2. The second kappa shape index (κ2) is 9.78. The summed E-state index contributed by atoms with van der Waals surface area (Å²) in [7, 11) is 1.46. The Hall–Kier alpha value is -4.14. The minimum atomic E-state index is -1.37. The van der Waals surface area contributed by atoms with Crippen molar-refractivity contribution < 1.29 is 29.0 Å². The van der Waals surface area contributed by atoms with Gasteiger partial charge in [0.2, 0.25) is 0 Å². The lowest BCUT2D eigenvalue weighted by atomic mass is 10.0. The molecule has 1 unspecified atom stereocenters. The largest absolute Gasteiger partial charge is 0.481 e. The second-order valence-corrected chi connectivity index (χ2v) is 7.31. The topological polar surface area (TPSA) is 125 Å². The van der Waals surface area contributed by atoms with Gasteiger partial charge in [-0.3, -0.25) is 14.4 Å². The van der Waals surface area contributed by atoms with Gasteiger partial charge in [-0.25, -0.2) is 4.79 Å². The molecule has 32 heavy (non-hydrogen) atoms. The second-order valence-electron chi connectivity index (χ2n) is 7.31. The highest BCUT2D eigenvalue weighted by Crippen LogP contribution is 2.28. The van der Waals surface area contributed by atoms with E-state index < -0.39 is 42.2 Å². The number of nitrogens with one attached hydrogen (secondary N) is 2. The van der Waals surface area contributed by atoms with Crippen molar-refractivity contribution in [3.8, 4) is 11.5 Å². The third-order valence-electron chi connectivity index (χ3n) is 4.88. The van der Waals surface area contributed by atoms with Crippen LogP contribution in [0.25, 0.3) is 0 Å². The standard InChI is InChI=1S/C23H23N3O6/c1-14-6-3-4-9-19(14)32-16-8-5-7-15(12-16)17(13-20(28)29)24-23(31)25-21-18(27)10-11-26(2)22(21)30/h3-12,17,21H,13H2,1-2H3,(H,28,29)(H2,24,25,31)/t17-,21?/m0/s1. The Morgan fingerprint density at radius 3 is 2.62 bits per heavy atom. The van der Waals surface area contributed by atoms with E-state index in [1.54, 1.807) is 24.3 Å². The molecule has 0 fully saturated rings. The Labute approximate surface area is 184 Å². The summed E-state index contributed by atoms with van der Waals surface area (Å²) in [5.41, 5.74) is 1.42. The van der Waals surface area contributed by atoms with Gasteiger partial charge in [-0.15, -0.1) is 0 Å². The van der Waals surface area contributed by atoms with Crippen molar-refractivity contribution >= 4 is 23.7 Å². The lowest BCUT2D eigenvalue weighted by Crippen LogP contribution is -2.55. The van der Waals surface area contributed by atoms with Crippen LogP contribution >= 0.6 is 0 Å². The van der Waals surface area contributed by atoms with Crippen LogP contribution in [-0.2, 0) is 14.4 Å². The van der Waals surface area contributed by atoms with Gasteiger partial charge >= 0.3 is 12.0 Å². The molecule has 2 atom stereocenters. The van der Waals surface area contributed by atoms with Crippen LogP contribution in [0.3, 0.4) is 0 Å². The maximum atomic E-state index is 12.5. The van der Waals surface area contributed by atoms with Gasteiger partial charge in [-0.1, -0.05) is 30.3 Å². The van der Waals surface area contributed by atoms with Gasteiger partial charge in [0.05, 0.1) is 12.5 Å². The summed E-state index contributed by atoms with van der Waals surface area (Å²) >= 11 is 0. The number of aryl methyl sites for hydroxylation is 1. The maximum Gasteiger partial charge on any atom is 0.316 e. The summed E-state index contributed by atoms with van der Waals surface area (Å²) in [5.74, 6) is -1.16. The van der Waals surface area contributed by atoms with Crippen LogP contribution in [0.5, 0.6) is 11.5 Å². The highest BCUT2D eigenvalue weighted by atomic mass is 16.5. The highest BCUT2D eigenvalue weighted by molar-refractivity contribution is 6.14. The third-order valence-corrected chi connectivity index (χ3v) is 4.88. The van der Waals surface area contributed by atoms with E-state index in [1.165, 1.54) is 24.2 Å². The van der Waals surface area contributed by atoms with Crippen molar-refractivity contribution in [1.29, 1.82) is 0 Å². The van der Waals surface area contributed by atoms with Crippen molar-refractivity contribution in [2.45, 2.75) is 25.4 Å². The maximum absolute atomic E-state index is 12.5. The fraction of sp³-hybridized carbons (Fsp3) is 0.217. The summed E-state index contributed by atoms with van der Waals surface area (Å²) in [6.45, 7) is 1.90. The van der Waals surface area contributed by atoms with Crippen LogP contribution in [-0.4, -0.2) is 46.8 Å². The lowest BCUT2D eigenvalue weighted by Gasteiger charge is -2.25. The Morgan fingerprint density at radius 2 is 1.91 bits per heavy atom. The van der Waals surface area contributed by atoms with E-state index in [9.17, 15) is 24.3 Å². The molecule has 2 aromatic rings. The molecule has 0 radical (unpaired) electrons. The number of amides is 3. The first kappa shape index (κ1) is 22.5. The molecule has 2 aromatic carbocycles. The van der Waals surface area contributed by atoms with E-state index in [-0.39, 0.29) is 0 Å². The molecular weight excluding hydrogens is 414 g/mol. The van der Waals surface area contributed by atoms with Gasteiger partial charge in [0.25, 0.3) is 5.91 Å². The van der Waals surface area contributed by atoms with Gasteiger partial charge in [0, 0.05) is 19.3 Å². The number of benzene rings is 2. The van der Waals surface area contributed by atoms with Crippen molar-refractivity contribution in [2.24, 2.45) is 0 Å². The number of urea groups is 1. The molecule has 0 aliphatic carbocycles. The third kappa shape index (κ3) is 5.51. The molecule has 3 amide bonds. The SMILES string of the molecule is Cc1ccccc1Oc1cccc([C@H](CC(=O)O)NC(=O)NC2C(=O)C=CN(C)C2=O)c1. The minimum Gasteiger partial charge on any atom is -0.481 e. The number of rotatable bonds is 7. The molecule has 0 bridgehead atoms. The molecule has 3 N–H and O–H groups in total. The van der Waals surface area contributed by atoms with Gasteiger partial charge in [0.1, 0.15) is 11.5 Å².